The molecule has 0 N–H and O–H groups in total. The topological polar surface area (TPSA) is 0 Å². The maximum absolute atomic E-state index is 2.32. The molecule has 0 rings (SSSR count). The maximum Gasteiger partial charge on any atom is 0.0419 e. The Labute approximate surface area is 91.6 Å². The van der Waals surface area contributed by atoms with Gasteiger partial charge in [-0.1, -0.05) is 19.5 Å². The fraction of sp³-hybridized carbons (Fsp3) is 0.600. The van der Waals surface area contributed by atoms with Crippen molar-refractivity contribution in [2.24, 2.45) is 0 Å². The van der Waals surface area contributed by atoms with Crippen LogP contribution in [0, 0.1) is 0 Å². The SMILES string of the molecule is CC/C=C/[SiH2]C.Cl.Cl.[Zr]. The van der Waals surface area contributed by atoms with E-state index in [0.717, 1.165) is 0 Å². The van der Waals surface area contributed by atoms with E-state index in [-0.39, 0.29) is 60.5 Å². The Morgan fingerprint density at radius 2 is 1.78 bits per heavy atom. The zero-order valence-electron chi connectivity index (χ0n) is 5.89. The van der Waals surface area contributed by atoms with Crippen molar-refractivity contribution in [1.82, 2.24) is 0 Å². The van der Waals surface area contributed by atoms with E-state index in [1.165, 1.54) is 6.42 Å². The van der Waals surface area contributed by atoms with Crippen LogP contribution in [0.3, 0.4) is 0 Å². The molecule has 4 heteroatoms. The molecule has 0 saturated heterocycles. The maximum atomic E-state index is 2.32. The molecule has 0 aromatic carbocycles. The largest absolute Gasteiger partial charge is 0.147 e. The van der Waals surface area contributed by atoms with Gasteiger partial charge < -0.3 is 0 Å². The van der Waals surface area contributed by atoms with E-state index in [0.29, 0.717) is 0 Å². The summed E-state index contributed by atoms with van der Waals surface area (Å²) < 4.78 is 0. The van der Waals surface area contributed by atoms with Crippen LogP contribution in [-0.4, -0.2) is 9.52 Å². The summed E-state index contributed by atoms with van der Waals surface area (Å²) in [5.74, 6) is 0. The molecule has 0 atom stereocenters. The fourth-order valence-corrected chi connectivity index (χ4v) is 1.00. The van der Waals surface area contributed by atoms with Gasteiger partial charge in [-0.15, -0.1) is 30.5 Å². The molecule has 0 amide bonds. The molecule has 0 bridgehead atoms. The van der Waals surface area contributed by atoms with Gasteiger partial charge in [0, 0.05) is 35.7 Å². The van der Waals surface area contributed by atoms with Crippen molar-refractivity contribution in [3.05, 3.63) is 11.8 Å². The van der Waals surface area contributed by atoms with Gasteiger partial charge in [0.15, 0.2) is 0 Å². The average Bonchev–Trinajstić information content (AvgIpc) is 1.61. The summed E-state index contributed by atoms with van der Waals surface area (Å²) in [4.78, 5) is 0. The van der Waals surface area contributed by atoms with Gasteiger partial charge in [-0.2, -0.15) is 0 Å². The Morgan fingerprint density at radius 1 is 1.33 bits per heavy atom. The van der Waals surface area contributed by atoms with E-state index in [1.807, 2.05) is 0 Å². The van der Waals surface area contributed by atoms with Gasteiger partial charge in [-0.3, -0.25) is 0 Å². The summed E-state index contributed by atoms with van der Waals surface area (Å²) in [6.45, 7) is 4.45. The monoisotopic (exact) mass is 262 g/mol. The number of hydrogen-bond acceptors (Lipinski definition) is 0. The molecular formula is C5H14Cl2SiZr. The van der Waals surface area contributed by atoms with Crippen molar-refractivity contribution in [1.29, 1.82) is 0 Å². The van der Waals surface area contributed by atoms with Gasteiger partial charge in [0.2, 0.25) is 0 Å². The summed E-state index contributed by atoms with van der Waals surface area (Å²) in [6, 6.07) is 0. The molecule has 0 saturated carbocycles. The van der Waals surface area contributed by atoms with E-state index < -0.39 is 0 Å². The predicted molar refractivity (Wildman–Crippen MR) is 48.3 cm³/mol. The van der Waals surface area contributed by atoms with Crippen molar-refractivity contribution in [2.75, 3.05) is 0 Å². The first-order chi connectivity index (χ1) is 2.91. The molecule has 0 aromatic heterocycles. The molecule has 0 aliphatic carbocycles. The van der Waals surface area contributed by atoms with E-state index in [4.69, 9.17) is 0 Å². The molecule has 0 unspecified atom stereocenters. The van der Waals surface area contributed by atoms with Crippen LogP contribution in [0.1, 0.15) is 13.3 Å². The number of allylic oxidation sites excluding steroid dienone is 1. The second kappa shape index (κ2) is 22.7. The number of rotatable bonds is 2. The molecule has 56 valence electrons. The zero-order chi connectivity index (χ0) is 4.83. The summed E-state index contributed by atoms with van der Waals surface area (Å²) in [6.07, 6.45) is 3.45. The van der Waals surface area contributed by atoms with Crippen molar-refractivity contribution in [3.8, 4) is 0 Å². The number of hydrogen-bond donors (Lipinski definition) is 0. The van der Waals surface area contributed by atoms with Crippen LogP contribution in [0.25, 0.3) is 0 Å². The second-order valence-electron chi connectivity index (χ2n) is 1.29. The molecule has 9 heavy (non-hydrogen) atoms. The van der Waals surface area contributed by atoms with Crippen LogP contribution in [0.2, 0.25) is 6.55 Å². The predicted octanol–water partition coefficient (Wildman–Crippen LogP) is 1.97. The van der Waals surface area contributed by atoms with E-state index in [1.54, 1.807) is 0 Å². The van der Waals surface area contributed by atoms with Gasteiger partial charge in [-0.25, -0.2) is 0 Å². The van der Waals surface area contributed by atoms with Crippen molar-refractivity contribution < 1.29 is 26.2 Å². The third-order valence-electron chi connectivity index (χ3n) is 0.638. The zero-order valence-corrected chi connectivity index (χ0v) is 11.4. The van der Waals surface area contributed by atoms with Crippen LogP contribution >= 0.6 is 24.8 Å². The Hall–Kier alpha value is 1.42. The molecule has 0 heterocycles. The Kier molecular flexibility index (Phi) is 56.7. The third kappa shape index (κ3) is 26.5. The molecular weight excluding hydrogens is 250 g/mol. The Morgan fingerprint density at radius 3 is 1.89 bits per heavy atom. The summed E-state index contributed by atoms with van der Waals surface area (Å²) in [7, 11) is 0.222. The van der Waals surface area contributed by atoms with Crippen LogP contribution in [0.4, 0.5) is 0 Å². The quantitative estimate of drug-likeness (QED) is 0.669. The Bertz CT molecular complexity index is 44.2. The minimum Gasteiger partial charge on any atom is -0.147 e. The standard InChI is InChI=1S/C5H12Si.2ClH.Zr/c1-3-4-5-6-2;;;/h4-5H,3,6H2,1-2H3;2*1H;/b5-4+;;;. The molecule has 0 spiro atoms. The molecule has 0 nitrogen and oxygen atoms in total. The average molecular weight is 264 g/mol. The van der Waals surface area contributed by atoms with Crippen LogP contribution in [0.15, 0.2) is 11.8 Å². The molecule has 0 aliphatic heterocycles. The van der Waals surface area contributed by atoms with Gasteiger partial charge >= 0.3 is 0 Å². The van der Waals surface area contributed by atoms with Crippen molar-refractivity contribution in [2.45, 2.75) is 19.9 Å². The van der Waals surface area contributed by atoms with Gasteiger partial charge in [-0.05, 0) is 6.42 Å². The molecule has 0 radical (unpaired) electrons. The van der Waals surface area contributed by atoms with Gasteiger partial charge in [0.05, 0.1) is 0 Å². The molecule has 0 aromatic rings. The third-order valence-corrected chi connectivity index (χ3v) is 1.44. The summed E-state index contributed by atoms with van der Waals surface area (Å²) in [5, 5.41) is 0. The van der Waals surface area contributed by atoms with Crippen LogP contribution in [-0.2, 0) is 26.2 Å². The normalized spacial score (nSPS) is 8.22. The first-order valence-corrected chi connectivity index (χ1v) is 4.79. The molecule has 0 fully saturated rings. The van der Waals surface area contributed by atoms with Crippen LogP contribution in [0.5, 0.6) is 0 Å². The summed E-state index contributed by atoms with van der Waals surface area (Å²) in [5.41, 5.74) is 2.32. The van der Waals surface area contributed by atoms with Crippen molar-refractivity contribution in [3.63, 3.8) is 0 Å². The summed E-state index contributed by atoms with van der Waals surface area (Å²) >= 11 is 0. The van der Waals surface area contributed by atoms with Gasteiger partial charge in [0.1, 0.15) is 0 Å². The van der Waals surface area contributed by atoms with E-state index >= 15 is 0 Å². The van der Waals surface area contributed by atoms with Crippen molar-refractivity contribution >= 4 is 34.3 Å². The molecule has 0 aliphatic rings. The first-order valence-electron chi connectivity index (χ1n) is 2.56. The Balaban J connectivity index is -0.0000000417. The van der Waals surface area contributed by atoms with E-state index in [2.05, 4.69) is 25.2 Å². The minimum absolute atomic E-state index is 0. The smallest absolute Gasteiger partial charge is 0.0419 e. The minimum atomic E-state index is 0. The second-order valence-corrected chi connectivity index (χ2v) is 2.58. The first kappa shape index (κ1) is 22.4. The van der Waals surface area contributed by atoms with Gasteiger partial charge in [0.25, 0.3) is 0 Å². The van der Waals surface area contributed by atoms with E-state index in [9.17, 15) is 0 Å². The van der Waals surface area contributed by atoms with Crippen LogP contribution < -0.4 is 0 Å². The fourth-order valence-electron chi connectivity index (χ4n) is 0.333. The number of halogens is 2.